The maximum absolute atomic E-state index is 11.2. The first kappa shape index (κ1) is 20.3. The number of nitrogens with one attached hydrogen (secondary N) is 1. The molecular formula is C24H29N3O3. The molecule has 1 aromatic carbocycles. The van der Waals surface area contributed by atoms with Gasteiger partial charge in [-0.25, -0.2) is 0 Å². The van der Waals surface area contributed by atoms with E-state index in [0.29, 0.717) is 6.61 Å². The van der Waals surface area contributed by atoms with Crippen LogP contribution in [0.15, 0.2) is 42.6 Å². The van der Waals surface area contributed by atoms with Crippen molar-refractivity contribution in [2.45, 2.75) is 51.5 Å². The van der Waals surface area contributed by atoms with Gasteiger partial charge < -0.3 is 19.7 Å². The standard InChI is InChI=1S/C24H29N3O3/c1-2-4-19(16-24(28)29)27-13-10-17-15-20(7-9-23(17)27)30-14-11-18-6-8-21-22(26-18)5-3-12-25-21/h6-10,13,15,19,25H,2-5,11-12,14,16H2,1H3,(H,28,29). The summed E-state index contributed by atoms with van der Waals surface area (Å²) in [7, 11) is 0. The molecule has 0 amide bonds. The fourth-order valence-corrected chi connectivity index (χ4v) is 4.21. The minimum absolute atomic E-state index is 0.0265. The van der Waals surface area contributed by atoms with Crippen LogP contribution >= 0.6 is 0 Å². The van der Waals surface area contributed by atoms with Crippen molar-refractivity contribution in [1.29, 1.82) is 0 Å². The maximum atomic E-state index is 11.2. The Balaban J connectivity index is 1.41. The summed E-state index contributed by atoms with van der Waals surface area (Å²) < 4.78 is 8.07. The Labute approximate surface area is 176 Å². The summed E-state index contributed by atoms with van der Waals surface area (Å²) in [5, 5.41) is 13.7. The zero-order chi connectivity index (χ0) is 20.9. The highest BCUT2D eigenvalue weighted by atomic mass is 16.5. The first-order valence-corrected chi connectivity index (χ1v) is 10.8. The number of fused-ring (bicyclic) bond motifs is 2. The van der Waals surface area contributed by atoms with Gasteiger partial charge in [-0.1, -0.05) is 13.3 Å². The number of anilines is 1. The Hall–Kier alpha value is -3.02. The number of pyridine rings is 1. The number of ether oxygens (including phenoxy) is 1. The number of carbonyl (C=O) groups is 1. The van der Waals surface area contributed by atoms with Gasteiger partial charge in [0.1, 0.15) is 5.75 Å². The van der Waals surface area contributed by atoms with Crippen molar-refractivity contribution in [1.82, 2.24) is 9.55 Å². The van der Waals surface area contributed by atoms with Gasteiger partial charge in [0.25, 0.3) is 0 Å². The van der Waals surface area contributed by atoms with Gasteiger partial charge in [0.2, 0.25) is 0 Å². The lowest BCUT2D eigenvalue weighted by Gasteiger charge is -2.18. The van der Waals surface area contributed by atoms with Gasteiger partial charge in [-0.3, -0.25) is 9.78 Å². The second-order valence-corrected chi connectivity index (χ2v) is 7.91. The van der Waals surface area contributed by atoms with Crippen LogP contribution in [-0.4, -0.2) is 33.8 Å². The van der Waals surface area contributed by atoms with Crippen LogP contribution in [0.1, 0.15) is 50.0 Å². The highest BCUT2D eigenvalue weighted by molar-refractivity contribution is 5.82. The van der Waals surface area contributed by atoms with Crippen molar-refractivity contribution in [3.8, 4) is 5.75 Å². The Morgan fingerprint density at radius 3 is 3.03 bits per heavy atom. The molecule has 1 atom stereocenters. The molecule has 6 nitrogen and oxygen atoms in total. The van der Waals surface area contributed by atoms with E-state index in [1.807, 2.05) is 30.5 Å². The first-order valence-electron chi connectivity index (χ1n) is 10.8. The van der Waals surface area contributed by atoms with Crippen molar-refractivity contribution in [3.63, 3.8) is 0 Å². The minimum atomic E-state index is -0.762. The van der Waals surface area contributed by atoms with E-state index in [4.69, 9.17) is 9.72 Å². The molecule has 0 fully saturated rings. The van der Waals surface area contributed by atoms with Crippen LogP contribution in [0, 0.1) is 0 Å². The number of hydrogen-bond donors (Lipinski definition) is 2. The Morgan fingerprint density at radius 1 is 1.30 bits per heavy atom. The van der Waals surface area contributed by atoms with Gasteiger partial charge >= 0.3 is 5.97 Å². The molecule has 0 spiro atoms. The molecule has 2 aromatic heterocycles. The molecule has 0 aliphatic carbocycles. The van der Waals surface area contributed by atoms with Crippen LogP contribution < -0.4 is 10.1 Å². The number of carboxylic acid groups (broad SMARTS) is 1. The number of carboxylic acids is 1. The molecule has 1 aliphatic heterocycles. The van der Waals surface area contributed by atoms with Crippen LogP contribution in [0.4, 0.5) is 5.69 Å². The molecule has 158 valence electrons. The van der Waals surface area contributed by atoms with Crippen LogP contribution in [0.3, 0.4) is 0 Å². The largest absolute Gasteiger partial charge is 0.493 e. The highest BCUT2D eigenvalue weighted by Gasteiger charge is 2.16. The number of hydrogen-bond acceptors (Lipinski definition) is 4. The van der Waals surface area contributed by atoms with Gasteiger partial charge in [-0.05, 0) is 55.7 Å². The molecular weight excluding hydrogens is 378 g/mol. The topological polar surface area (TPSA) is 76.4 Å². The number of aromatic nitrogens is 2. The Morgan fingerprint density at radius 2 is 2.20 bits per heavy atom. The smallest absolute Gasteiger partial charge is 0.305 e. The summed E-state index contributed by atoms with van der Waals surface area (Å²) in [5.74, 6) is 0.0620. The summed E-state index contributed by atoms with van der Waals surface area (Å²) >= 11 is 0. The molecule has 3 aromatic rings. The lowest BCUT2D eigenvalue weighted by molar-refractivity contribution is -0.137. The number of aliphatic carboxylic acids is 1. The maximum Gasteiger partial charge on any atom is 0.305 e. The fourth-order valence-electron chi connectivity index (χ4n) is 4.21. The van der Waals surface area contributed by atoms with E-state index >= 15 is 0 Å². The third kappa shape index (κ3) is 4.58. The van der Waals surface area contributed by atoms with E-state index in [-0.39, 0.29) is 12.5 Å². The molecule has 0 saturated carbocycles. The predicted octanol–water partition coefficient (Wildman–Crippen LogP) is 4.83. The molecule has 1 aliphatic rings. The van der Waals surface area contributed by atoms with Crippen LogP contribution in [0.25, 0.3) is 10.9 Å². The monoisotopic (exact) mass is 407 g/mol. The van der Waals surface area contributed by atoms with E-state index < -0.39 is 5.97 Å². The van der Waals surface area contributed by atoms with E-state index in [2.05, 4.69) is 28.9 Å². The normalized spacial score (nSPS) is 14.2. The highest BCUT2D eigenvalue weighted by Crippen LogP contribution is 2.28. The quantitative estimate of drug-likeness (QED) is 0.531. The molecule has 1 unspecified atom stereocenters. The van der Waals surface area contributed by atoms with Crippen LogP contribution in [0.2, 0.25) is 0 Å². The van der Waals surface area contributed by atoms with Gasteiger partial charge in [0.15, 0.2) is 0 Å². The lowest BCUT2D eigenvalue weighted by atomic mass is 10.1. The van der Waals surface area contributed by atoms with Crippen molar-refractivity contribution >= 4 is 22.6 Å². The molecule has 0 saturated heterocycles. The summed E-state index contributed by atoms with van der Waals surface area (Å²) in [5.41, 5.74) is 4.42. The van der Waals surface area contributed by atoms with Crippen molar-refractivity contribution < 1.29 is 14.6 Å². The Kier molecular flexibility index (Phi) is 6.21. The zero-order valence-electron chi connectivity index (χ0n) is 17.4. The van der Waals surface area contributed by atoms with Gasteiger partial charge in [-0.2, -0.15) is 0 Å². The SMILES string of the molecule is CCCC(CC(=O)O)n1ccc2cc(OCCc3ccc4c(n3)CCCN4)ccc21. The van der Waals surface area contributed by atoms with Gasteiger partial charge in [0, 0.05) is 41.8 Å². The number of nitrogens with zero attached hydrogens (tertiary/aromatic N) is 2. The summed E-state index contributed by atoms with van der Waals surface area (Å²) in [6.45, 7) is 3.68. The molecule has 2 N–H and O–H groups in total. The number of benzene rings is 1. The molecule has 0 radical (unpaired) electrons. The number of aryl methyl sites for hydroxylation is 1. The third-order valence-electron chi connectivity index (χ3n) is 5.68. The lowest BCUT2D eigenvalue weighted by Crippen LogP contribution is -2.14. The molecule has 6 heteroatoms. The minimum Gasteiger partial charge on any atom is -0.493 e. The summed E-state index contributed by atoms with van der Waals surface area (Å²) in [4.78, 5) is 16.0. The summed E-state index contributed by atoms with van der Waals surface area (Å²) in [6.07, 6.45) is 6.85. The Bertz CT molecular complexity index is 1030. The van der Waals surface area contributed by atoms with Gasteiger partial charge in [0.05, 0.1) is 24.4 Å². The van der Waals surface area contributed by atoms with E-state index in [0.717, 1.165) is 72.4 Å². The third-order valence-corrected chi connectivity index (χ3v) is 5.68. The fraction of sp³-hybridized carbons (Fsp3) is 0.417. The van der Waals surface area contributed by atoms with Crippen molar-refractivity contribution in [2.75, 3.05) is 18.5 Å². The van der Waals surface area contributed by atoms with E-state index in [9.17, 15) is 9.90 Å². The molecule has 0 bridgehead atoms. The van der Waals surface area contributed by atoms with Crippen LogP contribution in [-0.2, 0) is 17.6 Å². The van der Waals surface area contributed by atoms with Gasteiger partial charge in [-0.15, -0.1) is 0 Å². The average molecular weight is 408 g/mol. The zero-order valence-corrected chi connectivity index (χ0v) is 17.4. The predicted molar refractivity (Wildman–Crippen MR) is 118 cm³/mol. The van der Waals surface area contributed by atoms with Crippen molar-refractivity contribution in [2.24, 2.45) is 0 Å². The molecule has 3 heterocycles. The van der Waals surface area contributed by atoms with Crippen molar-refractivity contribution in [3.05, 3.63) is 54.0 Å². The van der Waals surface area contributed by atoms with E-state index in [1.165, 1.54) is 0 Å². The first-order chi connectivity index (χ1) is 14.6. The summed E-state index contributed by atoms with van der Waals surface area (Å²) in [6, 6.07) is 12.2. The number of rotatable bonds is 9. The van der Waals surface area contributed by atoms with E-state index in [1.54, 1.807) is 0 Å². The second kappa shape index (κ2) is 9.20. The van der Waals surface area contributed by atoms with Crippen LogP contribution in [0.5, 0.6) is 5.75 Å². The molecule has 30 heavy (non-hydrogen) atoms. The second-order valence-electron chi connectivity index (χ2n) is 7.91. The average Bonchev–Trinajstić information content (AvgIpc) is 3.16. The molecule has 4 rings (SSSR count).